The Morgan fingerprint density at radius 3 is 2.45 bits per heavy atom. The summed E-state index contributed by atoms with van der Waals surface area (Å²) in [5.41, 5.74) is 0.297. The van der Waals surface area contributed by atoms with Crippen molar-refractivity contribution in [3.8, 4) is 0 Å². The van der Waals surface area contributed by atoms with Crippen molar-refractivity contribution in [2.45, 2.75) is 40.5 Å². The van der Waals surface area contributed by atoms with E-state index in [4.69, 9.17) is 5.11 Å². The van der Waals surface area contributed by atoms with Gasteiger partial charge in [-0.05, 0) is 29.9 Å². The first-order valence-corrected chi connectivity index (χ1v) is 6.66. The number of aromatic nitrogens is 1. The lowest BCUT2D eigenvalue weighted by Gasteiger charge is -2.22. The Morgan fingerprint density at radius 2 is 2.00 bits per heavy atom. The minimum atomic E-state index is -1.03. The Balaban J connectivity index is 2.52. The van der Waals surface area contributed by atoms with E-state index < -0.39 is 5.97 Å². The highest BCUT2D eigenvalue weighted by Crippen LogP contribution is 2.26. The number of nitrogens with zero attached hydrogens (tertiary/aromatic N) is 1. The minimum absolute atomic E-state index is 0.0997. The molecule has 20 heavy (non-hydrogen) atoms. The molecule has 0 saturated heterocycles. The van der Waals surface area contributed by atoms with Crippen LogP contribution in [0, 0.1) is 11.3 Å². The third kappa shape index (κ3) is 5.82. The molecular formula is C15H22N2O3. The lowest BCUT2D eigenvalue weighted by Crippen LogP contribution is -2.19. The van der Waals surface area contributed by atoms with E-state index in [0.717, 1.165) is 6.42 Å². The van der Waals surface area contributed by atoms with Gasteiger partial charge in [-0.3, -0.25) is 4.79 Å². The molecule has 0 aliphatic heterocycles. The summed E-state index contributed by atoms with van der Waals surface area (Å²) in [6, 6.07) is 2.92. The third-order valence-corrected chi connectivity index (χ3v) is 2.77. The van der Waals surface area contributed by atoms with Crippen LogP contribution in [-0.2, 0) is 4.79 Å². The first kappa shape index (κ1) is 16.1. The predicted octanol–water partition coefficient (Wildman–Crippen LogP) is 3.18. The number of carboxylic acid groups (broad SMARTS) is 1. The molecular weight excluding hydrogens is 256 g/mol. The molecule has 1 rings (SSSR count). The highest BCUT2D eigenvalue weighted by molar-refractivity contribution is 5.91. The second-order valence-corrected chi connectivity index (χ2v) is 6.36. The first-order valence-electron chi connectivity index (χ1n) is 6.66. The minimum Gasteiger partial charge on any atom is -0.478 e. The Hall–Kier alpha value is -1.91. The lowest BCUT2D eigenvalue weighted by atomic mass is 9.84. The van der Waals surface area contributed by atoms with Crippen molar-refractivity contribution in [1.29, 1.82) is 0 Å². The molecule has 5 heteroatoms. The molecule has 2 N–H and O–H groups in total. The zero-order valence-electron chi connectivity index (χ0n) is 12.4. The van der Waals surface area contributed by atoms with Gasteiger partial charge in [0.15, 0.2) is 0 Å². The fraction of sp³-hybridized carbons (Fsp3) is 0.533. The van der Waals surface area contributed by atoms with Crippen LogP contribution >= 0.6 is 0 Å². The van der Waals surface area contributed by atoms with Crippen LogP contribution in [-0.4, -0.2) is 22.0 Å². The first-order chi connectivity index (χ1) is 9.17. The number of amides is 1. The molecule has 5 nitrogen and oxygen atoms in total. The Kier molecular flexibility index (Phi) is 5.25. The van der Waals surface area contributed by atoms with E-state index in [1.165, 1.54) is 18.3 Å². The summed E-state index contributed by atoms with van der Waals surface area (Å²) in [6.07, 6.45) is 2.63. The molecule has 1 heterocycles. The number of carboxylic acids is 1. The van der Waals surface area contributed by atoms with Crippen LogP contribution in [0.15, 0.2) is 18.3 Å². The molecule has 0 saturated carbocycles. The van der Waals surface area contributed by atoms with Crippen molar-refractivity contribution < 1.29 is 14.7 Å². The summed E-state index contributed by atoms with van der Waals surface area (Å²) >= 11 is 0. The number of carbonyl (C=O) groups excluding carboxylic acids is 1. The van der Waals surface area contributed by atoms with Gasteiger partial charge in [-0.1, -0.05) is 27.7 Å². The van der Waals surface area contributed by atoms with Gasteiger partial charge in [0.25, 0.3) is 0 Å². The van der Waals surface area contributed by atoms with E-state index in [1.54, 1.807) is 0 Å². The number of hydrogen-bond acceptors (Lipinski definition) is 3. The highest BCUT2D eigenvalue weighted by Gasteiger charge is 2.18. The zero-order valence-corrected chi connectivity index (χ0v) is 12.4. The average Bonchev–Trinajstić information content (AvgIpc) is 2.26. The van der Waals surface area contributed by atoms with E-state index in [0.29, 0.717) is 12.2 Å². The van der Waals surface area contributed by atoms with E-state index in [2.05, 4.69) is 31.1 Å². The molecule has 0 aliphatic rings. The van der Waals surface area contributed by atoms with Gasteiger partial charge in [-0.2, -0.15) is 0 Å². The fourth-order valence-electron chi connectivity index (χ4n) is 2.22. The van der Waals surface area contributed by atoms with Gasteiger partial charge in [0.2, 0.25) is 5.91 Å². The van der Waals surface area contributed by atoms with Crippen molar-refractivity contribution in [3.05, 3.63) is 23.9 Å². The largest absolute Gasteiger partial charge is 0.478 e. The monoisotopic (exact) mass is 278 g/mol. The van der Waals surface area contributed by atoms with Crippen LogP contribution in [0.3, 0.4) is 0 Å². The maximum absolute atomic E-state index is 11.9. The van der Waals surface area contributed by atoms with E-state index in [1.807, 2.05) is 6.92 Å². The van der Waals surface area contributed by atoms with E-state index >= 15 is 0 Å². The van der Waals surface area contributed by atoms with E-state index in [-0.39, 0.29) is 22.8 Å². The Bertz CT molecular complexity index is 475. The van der Waals surface area contributed by atoms with Gasteiger partial charge in [-0.15, -0.1) is 0 Å². The van der Waals surface area contributed by atoms with Crippen molar-refractivity contribution in [2.24, 2.45) is 11.3 Å². The van der Waals surface area contributed by atoms with Gasteiger partial charge >= 0.3 is 5.97 Å². The van der Waals surface area contributed by atoms with Gasteiger partial charge in [0, 0.05) is 12.6 Å². The number of carbonyl (C=O) groups is 2. The van der Waals surface area contributed by atoms with Crippen LogP contribution in [0.5, 0.6) is 0 Å². The van der Waals surface area contributed by atoms with Crippen LogP contribution < -0.4 is 5.32 Å². The number of pyridine rings is 1. The smallest absolute Gasteiger partial charge is 0.337 e. The predicted molar refractivity (Wildman–Crippen MR) is 77.7 cm³/mol. The molecule has 110 valence electrons. The maximum atomic E-state index is 11.9. The standard InChI is InChI=1S/C15H22N2O3/c1-10(8-15(2,3)4)7-13(18)17-12-6-5-11(9-16-12)14(19)20/h5-6,9-10H,7-8H2,1-4H3,(H,19,20)(H,16,17,18). The van der Waals surface area contributed by atoms with Crippen molar-refractivity contribution in [2.75, 3.05) is 5.32 Å². The van der Waals surface area contributed by atoms with Gasteiger partial charge in [0.1, 0.15) is 5.82 Å². The topological polar surface area (TPSA) is 79.3 Å². The van der Waals surface area contributed by atoms with E-state index in [9.17, 15) is 9.59 Å². The molecule has 1 unspecified atom stereocenters. The summed E-state index contributed by atoms with van der Waals surface area (Å²) in [5, 5.41) is 11.4. The Morgan fingerprint density at radius 1 is 1.35 bits per heavy atom. The van der Waals surface area contributed by atoms with Crippen molar-refractivity contribution >= 4 is 17.7 Å². The quantitative estimate of drug-likeness (QED) is 0.867. The number of anilines is 1. The number of hydrogen-bond donors (Lipinski definition) is 2. The third-order valence-electron chi connectivity index (χ3n) is 2.77. The summed E-state index contributed by atoms with van der Waals surface area (Å²) < 4.78 is 0. The molecule has 0 radical (unpaired) electrons. The highest BCUT2D eigenvalue weighted by atomic mass is 16.4. The summed E-state index contributed by atoms with van der Waals surface area (Å²) in [4.78, 5) is 26.5. The Labute approximate surface area is 119 Å². The summed E-state index contributed by atoms with van der Waals surface area (Å²) in [7, 11) is 0. The normalized spacial score (nSPS) is 12.8. The average molecular weight is 278 g/mol. The number of nitrogens with one attached hydrogen (secondary N) is 1. The molecule has 1 amide bonds. The lowest BCUT2D eigenvalue weighted by molar-refractivity contribution is -0.117. The van der Waals surface area contributed by atoms with Gasteiger partial charge in [-0.25, -0.2) is 9.78 Å². The fourth-order valence-corrected chi connectivity index (χ4v) is 2.22. The maximum Gasteiger partial charge on any atom is 0.337 e. The molecule has 1 atom stereocenters. The van der Waals surface area contributed by atoms with Crippen LogP contribution in [0.2, 0.25) is 0 Å². The molecule has 0 fully saturated rings. The van der Waals surface area contributed by atoms with Gasteiger partial charge < -0.3 is 10.4 Å². The van der Waals surface area contributed by atoms with Gasteiger partial charge in [0.05, 0.1) is 5.56 Å². The molecule has 0 bridgehead atoms. The molecule has 0 spiro atoms. The summed E-state index contributed by atoms with van der Waals surface area (Å²) in [6.45, 7) is 8.49. The second-order valence-electron chi connectivity index (χ2n) is 6.36. The molecule has 0 aromatic carbocycles. The molecule has 1 aromatic rings. The van der Waals surface area contributed by atoms with Crippen molar-refractivity contribution in [1.82, 2.24) is 4.98 Å². The second kappa shape index (κ2) is 6.50. The van der Waals surface area contributed by atoms with Crippen LogP contribution in [0.1, 0.15) is 50.9 Å². The van der Waals surface area contributed by atoms with Crippen molar-refractivity contribution in [3.63, 3.8) is 0 Å². The number of aromatic carboxylic acids is 1. The zero-order chi connectivity index (χ0) is 15.3. The van der Waals surface area contributed by atoms with Crippen LogP contribution in [0.25, 0.3) is 0 Å². The van der Waals surface area contributed by atoms with Crippen LogP contribution in [0.4, 0.5) is 5.82 Å². The molecule has 1 aromatic heterocycles. The molecule has 0 aliphatic carbocycles. The SMILES string of the molecule is CC(CC(=O)Nc1ccc(C(=O)O)cn1)CC(C)(C)C. The number of rotatable bonds is 5. The summed E-state index contributed by atoms with van der Waals surface area (Å²) in [5.74, 6) is -0.470.